The summed E-state index contributed by atoms with van der Waals surface area (Å²) in [7, 11) is 0. The van der Waals surface area contributed by atoms with Gasteiger partial charge in [0.15, 0.2) is 11.8 Å². The third kappa shape index (κ3) is 4.23. The second-order valence-corrected chi connectivity index (χ2v) is 6.94. The van der Waals surface area contributed by atoms with Gasteiger partial charge in [-0.15, -0.1) is 10.2 Å². The third-order valence-corrected chi connectivity index (χ3v) is 5.30. The number of hydrogen-bond acceptors (Lipinski definition) is 3. The summed E-state index contributed by atoms with van der Waals surface area (Å²) in [4.78, 5) is 4.72. The molecule has 140 valence electrons. The van der Waals surface area contributed by atoms with Crippen molar-refractivity contribution in [3.05, 3.63) is 48.0 Å². The Bertz CT molecular complexity index is 700. The molecule has 6 heteroatoms. The predicted octanol–water partition coefficient (Wildman–Crippen LogP) is 2.87. The standard InChI is InChI=1S/C20H30N6/c1-3-21-19(22-14-18-25-24-16-26(18)4-2)23-15-20(12-8-9-13-20)17-10-6-5-7-11-17/h5-7,10-11,16H,3-4,8-9,12-15H2,1-2H3,(H2,21,22,23). The summed E-state index contributed by atoms with van der Waals surface area (Å²) in [6, 6.07) is 10.9. The van der Waals surface area contributed by atoms with Crippen molar-refractivity contribution in [2.75, 3.05) is 13.1 Å². The number of hydrogen-bond donors (Lipinski definition) is 2. The molecule has 6 nitrogen and oxygen atoms in total. The molecule has 1 aromatic heterocycles. The lowest BCUT2D eigenvalue weighted by Gasteiger charge is -2.30. The number of guanidine groups is 1. The second-order valence-electron chi connectivity index (χ2n) is 6.94. The zero-order valence-electron chi connectivity index (χ0n) is 15.9. The minimum atomic E-state index is 0.209. The van der Waals surface area contributed by atoms with Crippen molar-refractivity contribution in [2.24, 2.45) is 4.99 Å². The second kappa shape index (κ2) is 8.83. The summed E-state index contributed by atoms with van der Waals surface area (Å²) >= 11 is 0. The molecule has 26 heavy (non-hydrogen) atoms. The Kier molecular flexibility index (Phi) is 6.26. The summed E-state index contributed by atoms with van der Waals surface area (Å²) in [6.45, 7) is 7.31. The lowest BCUT2D eigenvalue weighted by Crippen LogP contribution is -2.44. The highest BCUT2D eigenvalue weighted by Gasteiger charge is 2.35. The number of nitrogens with zero attached hydrogens (tertiary/aromatic N) is 4. The van der Waals surface area contributed by atoms with E-state index in [0.717, 1.165) is 31.4 Å². The molecule has 0 aliphatic heterocycles. The quantitative estimate of drug-likeness (QED) is 0.593. The zero-order valence-corrected chi connectivity index (χ0v) is 15.9. The molecule has 1 aliphatic carbocycles. The van der Waals surface area contributed by atoms with Crippen LogP contribution in [0.15, 0.2) is 41.7 Å². The van der Waals surface area contributed by atoms with E-state index in [1.54, 1.807) is 6.33 Å². The fraction of sp³-hybridized carbons (Fsp3) is 0.550. The Labute approximate surface area is 156 Å². The van der Waals surface area contributed by atoms with E-state index in [4.69, 9.17) is 4.99 Å². The van der Waals surface area contributed by atoms with E-state index >= 15 is 0 Å². The molecule has 0 spiro atoms. The van der Waals surface area contributed by atoms with Gasteiger partial charge in [-0.1, -0.05) is 43.2 Å². The van der Waals surface area contributed by atoms with Gasteiger partial charge in [-0.25, -0.2) is 4.99 Å². The number of aliphatic imine (C=N–C) groups is 1. The first-order valence-corrected chi connectivity index (χ1v) is 9.72. The first kappa shape index (κ1) is 18.4. The van der Waals surface area contributed by atoms with E-state index in [2.05, 4.69) is 65.0 Å². The Hall–Kier alpha value is -2.37. The van der Waals surface area contributed by atoms with Crippen LogP contribution in [0.3, 0.4) is 0 Å². The van der Waals surface area contributed by atoms with Crippen LogP contribution in [0, 0.1) is 0 Å². The molecule has 0 amide bonds. The van der Waals surface area contributed by atoms with Gasteiger partial charge in [0.1, 0.15) is 12.9 Å². The number of aromatic nitrogens is 3. The van der Waals surface area contributed by atoms with Crippen molar-refractivity contribution in [1.82, 2.24) is 25.4 Å². The van der Waals surface area contributed by atoms with E-state index in [1.807, 2.05) is 4.57 Å². The van der Waals surface area contributed by atoms with Crippen molar-refractivity contribution >= 4 is 5.96 Å². The van der Waals surface area contributed by atoms with Crippen molar-refractivity contribution in [3.63, 3.8) is 0 Å². The monoisotopic (exact) mass is 354 g/mol. The molecule has 1 saturated carbocycles. The maximum Gasteiger partial charge on any atom is 0.191 e. The Morgan fingerprint density at radius 3 is 2.62 bits per heavy atom. The van der Waals surface area contributed by atoms with Crippen LogP contribution in [0.5, 0.6) is 0 Å². The highest BCUT2D eigenvalue weighted by molar-refractivity contribution is 5.79. The first-order chi connectivity index (χ1) is 12.8. The van der Waals surface area contributed by atoms with Crippen LogP contribution in [0.1, 0.15) is 50.9 Å². The van der Waals surface area contributed by atoms with Gasteiger partial charge in [-0.2, -0.15) is 0 Å². The average Bonchev–Trinajstić information content (AvgIpc) is 3.34. The SMILES string of the molecule is CCNC(=NCc1nncn1CC)NCC1(c2ccccc2)CCCC1. The van der Waals surface area contributed by atoms with Gasteiger partial charge in [0.05, 0.1) is 0 Å². The third-order valence-electron chi connectivity index (χ3n) is 5.30. The fourth-order valence-corrected chi connectivity index (χ4v) is 3.82. The number of aryl methyl sites for hydroxylation is 1. The van der Waals surface area contributed by atoms with Crippen molar-refractivity contribution in [2.45, 2.75) is 58.0 Å². The van der Waals surface area contributed by atoms with Gasteiger partial charge in [-0.05, 0) is 32.3 Å². The maximum atomic E-state index is 4.72. The van der Waals surface area contributed by atoms with Gasteiger partial charge in [-0.3, -0.25) is 0 Å². The summed E-state index contributed by atoms with van der Waals surface area (Å²) in [5, 5.41) is 15.1. The first-order valence-electron chi connectivity index (χ1n) is 9.72. The molecule has 2 N–H and O–H groups in total. The van der Waals surface area contributed by atoms with E-state index in [1.165, 1.54) is 31.2 Å². The van der Waals surface area contributed by atoms with Crippen LogP contribution >= 0.6 is 0 Å². The average molecular weight is 355 g/mol. The van der Waals surface area contributed by atoms with Crippen LogP contribution in [-0.4, -0.2) is 33.8 Å². The number of rotatable bonds is 7. The molecule has 1 aliphatic rings. The molecule has 0 atom stereocenters. The Morgan fingerprint density at radius 1 is 1.15 bits per heavy atom. The molecule has 1 heterocycles. The van der Waals surface area contributed by atoms with Gasteiger partial charge in [0.25, 0.3) is 0 Å². The Balaban J connectivity index is 1.70. The van der Waals surface area contributed by atoms with Crippen LogP contribution in [0.25, 0.3) is 0 Å². The molecule has 0 unspecified atom stereocenters. The van der Waals surface area contributed by atoms with E-state index in [9.17, 15) is 0 Å². The summed E-state index contributed by atoms with van der Waals surface area (Å²) in [5.41, 5.74) is 1.65. The maximum absolute atomic E-state index is 4.72. The topological polar surface area (TPSA) is 67.1 Å². The number of nitrogens with one attached hydrogen (secondary N) is 2. The van der Waals surface area contributed by atoms with Gasteiger partial charge in [0, 0.05) is 25.0 Å². The molecule has 2 aromatic rings. The molecular weight excluding hydrogens is 324 g/mol. The molecule has 0 radical (unpaired) electrons. The predicted molar refractivity (Wildman–Crippen MR) is 105 cm³/mol. The summed E-state index contributed by atoms with van der Waals surface area (Å²) in [6.07, 6.45) is 6.81. The normalized spacial score (nSPS) is 16.6. The van der Waals surface area contributed by atoms with E-state index in [0.29, 0.717) is 6.54 Å². The van der Waals surface area contributed by atoms with Crippen LogP contribution in [0.2, 0.25) is 0 Å². The van der Waals surface area contributed by atoms with Crippen LogP contribution < -0.4 is 10.6 Å². The molecular formula is C20H30N6. The molecule has 1 aromatic carbocycles. The van der Waals surface area contributed by atoms with E-state index < -0.39 is 0 Å². The largest absolute Gasteiger partial charge is 0.357 e. The van der Waals surface area contributed by atoms with Crippen LogP contribution in [0.4, 0.5) is 0 Å². The van der Waals surface area contributed by atoms with Gasteiger partial charge in [0.2, 0.25) is 0 Å². The minimum Gasteiger partial charge on any atom is -0.357 e. The highest BCUT2D eigenvalue weighted by atomic mass is 15.3. The molecule has 0 saturated heterocycles. The lowest BCUT2D eigenvalue weighted by atomic mass is 9.79. The number of benzene rings is 1. The van der Waals surface area contributed by atoms with Crippen molar-refractivity contribution in [1.29, 1.82) is 0 Å². The molecule has 0 bridgehead atoms. The smallest absolute Gasteiger partial charge is 0.191 e. The van der Waals surface area contributed by atoms with Crippen LogP contribution in [-0.2, 0) is 18.5 Å². The minimum absolute atomic E-state index is 0.209. The van der Waals surface area contributed by atoms with E-state index in [-0.39, 0.29) is 5.41 Å². The Morgan fingerprint density at radius 2 is 1.92 bits per heavy atom. The zero-order chi connectivity index (χ0) is 18.2. The molecule has 1 fully saturated rings. The van der Waals surface area contributed by atoms with Crippen molar-refractivity contribution in [3.8, 4) is 0 Å². The summed E-state index contributed by atoms with van der Waals surface area (Å²) < 4.78 is 2.02. The fourth-order valence-electron chi connectivity index (χ4n) is 3.82. The van der Waals surface area contributed by atoms with Crippen molar-refractivity contribution < 1.29 is 0 Å². The van der Waals surface area contributed by atoms with Gasteiger partial charge < -0.3 is 15.2 Å². The highest BCUT2D eigenvalue weighted by Crippen LogP contribution is 2.40. The van der Waals surface area contributed by atoms with Gasteiger partial charge >= 0.3 is 0 Å². The lowest BCUT2D eigenvalue weighted by molar-refractivity contribution is 0.431. The summed E-state index contributed by atoms with van der Waals surface area (Å²) in [5.74, 6) is 1.74. The molecule has 3 rings (SSSR count).